The molecule has 1 unspecified atom stereocenters. The Balaban J connectivity index is 1.58. The highest BCUT2D eigenvalue weighted by atomic mass is 19.3. The summed E-state index contributed by atoms with van der Waals surface area (Å²) in [5, 5.41) is 3.86. The molecule has 3 rings (SSSR count). The number of urea groups is 1. The molecule has 1 N–H and O–H groups in total. The lowest BCUT2D eigenvalue weighted by Crippen LogP contribution is -2.38. The summed E-state index contributed by atoms with van der Waals surface area (Å²) in [5.74, 6) is 0.755. The van der Waals surface area contributed by atoms with Gasteiger partial charge in [-0.25, -0.2) is 4.79 Å². The Hall–Kier alpha value is -3.09. The molecule has 7 heteroatoms. The van der Waals surface area contributed by atoms with E-state index in [-0.39, 0.29) is 17.8 Å². The number of nitrogens with zero attached hydrogens (tertiary/aromatic N) is 1. The second-order valence-corrected chi connectivity index (χ2v) is 6.24. The molecule has 0 saturated carbocycles. The SMILES string of the molecule is CC(NC(=O)N(C)Cc1ccc(OC(F)F)cc1)c1cc2ccccc2o1. The highest BCUT2D eigenvalue weighted by molar-refractivity contribution is 5.78. The number of para-hydroxylation sites is 1. The fourth-order valence-corrected chi connectivity index (χ4v) is 2.70. The summed E-state index contributed by atoms with van der Waals surface area (Å²) in [6.07, 6.45) is 0. The molecule has 0 spiro atoms. The van der Waals surface area contributed by atoms with Crippen molar-refractivity contribution in [1.82, 2.24) is 10.2 Å². The molecular weight excluding hydrogens is 354 g/mol. The zero-order valence-electron chi connectivity index (χ0n) is 15.0. The van der Waals surface area contributed by atoms with Gasteiger partial charge in [-0.3, -0.25) is 0 Å². The molecule has 27 heavy (non-hydrogen) atoms. The first-order valence-corrected chi connectivity index (χ1v) is 8.46. The standard InChI is InChI=1S/C20H20F2N2O3/c1-13(18-11-15-5-3-4-6-17(15)27-18)23-20(25)24(2)12-14-7-9-16(10-8-14)26-19(21)22/h3-11,13,19H,12H2,1-2H3,(H,23,25). The summed E-state index contributed by atoms with van der Waals surface area (Å²) < 4.78 is 34.4. The monoisotopic (exact) mass is 374 g/mol. The lowest BCUT2D eigenvalue weighted by Gasteiger charge is -2.20. The van der Waals surface area contributed by atoms with Crippen molar-refractivity contribution in [1.29, 1.82) is 0 Å². The van der Waals surface area contributed by atoms with E-state index < -0.39 is 6.61 Å². The third-order valence-electron chi connectivity index (χ3n) is 4.13. The molecule has 0 bridgehead atoms. The summed E-state index contributed by atoms with van der Waals surface area (Å²) >= 11 is 0. The van der Waals surface area contributed by atoms with E-state index in [0.717, 1.165) is 16.5 Å². The highest BCUT2D eigenvalue weighted by Crippen LogP contribution is 2.23. The maximum atomic E-state index is 12.4. The van der Waals surface area contributed by atoms with Crippen LogP contribution in [0.1, 0.15) is 24.3 Å². The summed E-state index contributed by atoms with van der Waals surface area (Å²) in [4.78, 5) is 13.9. The maximum absolute atomic E-state index is 12.4. The van der Waals surface area contributed by atoms with Gasteiger partial charge in [-0.1, -0.05) is 30.3 Å². The largest absolute Gasteiger partial charge is 0.459 e. The van der Waals surface area contributed by atoms with E-state index in [2.05, 4.69) is 10.1 Å². The maximum Gasteiger partial charge on any atom is 0.387 e. The van der Waals surface area contributed by atoms with Crippen molar-refractivity contribution in [2.45, 2.75) is 26.1 Å². The van der Waals surface area contributed by atoms with Gasteiger partial charge in [0.05, 0.1) is 6.04 Å². The summed E-state index contributed by atoms with van der Waals surface area (Å²) in [5.41, 5.74) is 1.57. The van der Waals surface area contributed by atoms with E-state index in [0.29, 0.717) is 12.3 Å². The van der Waals surface area contributed by atoms with Gasteiger partial charge in [-0.2, -0.15) is 8.78 Å². The first-order valence-electron chi connectivity index (χ1n) is 8.46. The van der Waals surface area contributed by atoms with Crippen LogP contribution in [0.4, 0.5) is 13.6 Å². The molecule has 5 nitrogen and oxygen atoms in total. The Morgan fingerprint density at radius 2 is 1.89 bits per heavy atom. The minimum Gasteiger partial charge on any atom is -0.459 e. The number of fused-ring (bicyclic) bond motifs is 1. The van der Waals surface area contributed by atoms with Gasteiger partial charge in [0.2, 0.25) is 0 Å². The lowest BCUT2D eigenvalue weighted by molar-refractivity contribution is -0.0498. The number of benzene rings is 2. The molecule has 142 valence electrons. The van der Waals surface area contributed by atoms with Gasteiger partial charge in [0, 0.05) is 19.0 Å². The first kappa shape index (κ1) is 18.7. The van der Waals surface area contributed by atoms with Crippen molar-refractivity contribution in [3.05, 3.63) is 65.9 Å². The average molecular weight is 374 g/mol. The zero-order chi connectivity index (χ0) is 19.4. The van der Waals surface area contributed by atoms with Gasteiger partial charge < -0.3 is 19.4 Å². The molecule has 1 atom stereocenters. The molecule has 1 heterocycles. The second kappa shape index (κ2) is 8.07. The van der Waals surface area contributed by atoms with E-state index in [1.165, 1.54) is 17.0 Å². The summed E-state index contributed by atoms with van der Waals surface area (Å²) in [7, 11) is 1.66. The smallest absolute Gasteiger partial charge is 0.387 e. The van der Waals surface area contributed by atoms with Crippen LogP contribution in [-0.4, -0.2) is 24.6 Å². The number of amides is 2. The number of rotatable bonds is 6. The Bertz CT molecular complexity index is 876. The van der Waals surface area contributed by atoms with Crippen molar-refractivity contribution < 1.29 is 22.7 Å². The molecule has 0 aliphatic rings. The summed E-state index contributed by atoms with van der Waals surface area (Å²) in [6, 6.07) is 15.2. The highest BCUT2D eigenvalue weighted by Gasteiger charge is 2.17. The van der Waals surface area contributed by atoms with Crippen LogP contribution in [-0.2, 0) is 6.54 Å². The molecule has 0 aliphatic carbocycles. The Morgan fingerprint density at radius 3 is 2.56 bits per heavy atom. The van der Waals surface area contributed by atoms with Crippen LogP contribution in [0.3, 0.4) is 0 Å². The molecular formula is C20H20F2N2O3. The van der Waals surface area contributed by atoms with Crippen LogP contribution >= 0.6 is 0 Å². The average Bonchev–Trinajstić information content (AvgIpc) is 3.07. The molecule has 0 fully saturated rings. The van der Waals surface area contributed by atoms with Crippen LogP contribution in [0.2, 0.25) is 0 Å². The molecule has 1 aromatic heterocycles. The third kappa shape index (κ3) is 4.75. The van der Waals surface area contributed by atoms with E-state index >= 15 is 0 Å². The first-order chi connectivity index (χ1) is 12.9. The van der Waals surface area contributed by atoms with E-state index in [1.807, 2.05) is 37.3 Å². The minimum absolute atomic E-state index is 0.0827. The predicted octanol–water partition coefficient (Wildman–Crippen LogP) is 4.94. The number of ether oxygens (including phenoxy) is 1. The van der Waals surface area contributed by atoms with E-state index in [9.17, 15) is 13.6 Å². The lowest BCUT2D eigenvalue weighted by atomic mass is 10.2. The fourth-order valence-electron chi connectivity index (χ4n) is 2.70. The van der Waals surface area contributed by atoms with Crippen molar-refractivity contribution in [3.8, 4) is 5.75 Å². The van der Waals surface area contributed by atoms with E-state index in [1.54, 1.807) is 19.2 Å². The number of alkyl halides is 2. The number of carbonyl (C=O) groups is 1. The summed E-state index contributed by atoms with van der Waals surface area (Å²) in [6.45, 7) is -0.683. The van der Waals surface area contributed by atoms with Crippen LogP contribution in [0.25, 0.3) is 11.0 Å². The number of hydrogen-bond donors (Lipinski definition) is 1. The molecule has 3 aromatic rings. The zero-order valence-corrected chi connectivity index (χ0v) is 15.0. The van der Waals surface area contributed by atoms with Gasteiger partial charge in [0.25, 0.3) is 0 Å². The van der Waals surface area contributed by atoms with Gasteiger partial charge in [0.1, 0.15) is 17.1 Å². The van der Waals surface area contributed by atoms with Gasteiger partial charge in [-0.05, 0) is 36.8 Å². The van der Waals surface area contributed by atoms with Crippen LogP contribution in [0, 0.1) is 0 Å². The van der Waals surface area contributed by atoms with Crippen LogP contribution < -0.4 is 10.1 Å². The van der Waals surface area contributed by atoms with Gasteiger partial charge >= 0.3 is 12.6 Å². The van der Waals surface area contributed by atoms with Crippen LogP contribution in [0.15, 0.2) is 59.0 Å². The topological polar surface area (TPSA) is 54.7 Å². The molecule has 0 aliphatic heterocycles. The molecule has 2 amide bonds. The second-order valence-electron chi connectivity index (χ2n) is 6.24. The minimum atomic E-state index is -2.86. The molecule has 2 aromatic carbocycles. The molecule has 0 radical (unpaired) electrons. The Labute approximate surface area is 155 Å². The molecule has 0 saturated heterocycles. The van der Waals surface area contributed by atoms with Gasteiger partial charge in [-0.15, -0.1) is 0 Å². The third-order valence-corrected chi connectivity index (χ3v) is 4.13. The Kier molecular flexibility index (Phi) is 5.59. The quantitative estimate of drug-likeness (QED) is 0.665. The normalized spacial score (nSPS) is 12.2. The number of nitrogens with one attached hydrogen (secondary N) is 1. The van der Waals surface area contributed by atoms with Crippen molar-refractivity contribution >= 4 is 17.0 Å². The number of hydrogen-bond acceptors (Lipinski definition) is 3. The van der Waals surface area contributed by atoms with Crippen molar-refractivity contribution in [2.24, 2.45) is 0 Å². The fraction of sp³-hybridized carbons (Fsp3) is 0.250. The Morgan fingerprint density at radius 1 is 1.19 bits per heavy atom. The predicted molar refractivity (Wildman–Crippen MR) is 97.7 cm³/mol. The van der Waals surface area contributed by atoms with Crippen molar-refractivity contribution in [3.63, 3.8) is 0 Å². The van der Waals surface area contributed by atoms with Crippen LogP contribution in [0.5, 0.6) is 5.75 Å². The number of carbonyl (C=O) groups excluding carboxylic acids is 1. The number of furan rings is 1. The van der Waals surface area contributed by atoms with E-state index in [4.69, 9.17) is 4.42 Å². The van der Waals surface area contributed by atoms with Crippen molar-refractivity contribution in [2.75, 3.05) is 7.05 Å². The number of halogens is 2. The van der Waals surface area contributed by atoms with Gasteiger partial charge in [0.15, 0.2) is 0 Å².